The fraction of sp³-hybridized carbons (Fsp3) is 0.467. The lowest BCUT2D eigenvalue weighted by molar-refractivity contribution is -0.128. The summed E-state index contributed by atoms with van der Waals surface area (Å²) < 4.78 is 4.97. The second-order valence-corrected chi connectivity index (χ2v) is 5.80. The van der Waals surface area contributed by atoms with Gasteiger partial charge < -0.3 is 14.5 Å². The van der Waals surface area contributed by atoms with Crippen molar-refractivity contribution in [2.24, 2.45) is 0 Å². The Balaban J connectivity index is 1.90. The van der Waals surface area contributed by atoms with Crippen molar-refractivity contribution in [1.29, 1.82) is 0 Å². The third-order valence-corrected chi connectivity index (χ3v) is 4.15. The molecule has 0 spiro atoms. The van der Waals surface area contributed by atoms with Crippen LogP contribution in [0.1, 0.15) is 18.7 Å². The SMILES string of the molecule is CCOC(=O)N1CCN(C(=O)/C(C)=C/c2cccs2)CC1. The number of carbonyl (C=O) groups is 2. The van der Waals surface area contributed by atoms with E-state index in [-0.39, 0.29) is 12.0 Å². The quantitative estimate of drug-likeness (QED) is 0.806. The van der Waals surface area contributed by atoms with Gasteiger partial charge in [-0.25, -0.2) is 4.79 Å². The topological polar surface area (TPSA) is 49.9 Å². The van der Waals surface area contributed by atoms with E-state index >= 15 is 0 Å². The van der Waals surface area contributed by atoms with Crippen molar-refractivity contribution in [3.8, 4) is 0 Å². The minimum Gasteiger partial charge on any atom is -0.450 e. The van der Waals surface area contributed by atoms with Crippen molar-refractivity contribution in [3.63, 3.8) is 0 Å². The van der Waals surface area contributed by atoms with Crippen molar-refractivity contribution < 1.29 is 14.3 Å². The molecule has 1 fully saturated rings. The average molecular weight is 308 g/mol. The molecule has 5 nitrogen and oxygen atoms in total. The zero-order valence-corrected chi connectivity index (χ0v) is 13.2. The van der Waals surface area contributed by atoms with Crippen LogP contribution in [0, 0.1) is 0 Å². The van der Waals surface area contributed by atoms with Crippen molar-refractivity contribution >= 4 is 29.4 Å². The molecular weight excluding hydrogens is 288 g/mol. The Hall–Kier alpha value is -1.82. The van der Waals surface area contributed by atoms with Crippen LogP contribution in [-0.4, -0.2) is 54.6 Å². The van der Waals surface area contributed by atoms with E-state index < -0.39 is 0 Å². The molecule has 2 rings (SSSR count). The van der Waals surface area contributed by atoms with Crippen LogP contribution in [0.3, 0.4) is 0 Å². The molecule has 2 heterocycles. The van der Waals surface area contributed by atoms with E-state index in [1.807, 2.05) is 30.5 Å². The number of amides is 2. The summed E-state index contributed by atoms with van der Waals surface area (Å²) in [5, 5.41) is 1.99. The van der Waals surface area contributed by atoms with Crippen LogP contribution in [0.15, 0.2) is 23.1 Å². The molecule has 0 saturated carbocycles. The minimum absolute atomic E-state index is 0.0342. The summed E-state index contributed by atoms with van der Waals surface area (Å²) in [6.45, 7) is 6.14. The third-order valence-electron chi connectivity index (χ3n) is 3.33. The van der Waals surface area contributed by atoms with Gasteiger partial charge >= 0.3 is 6.09 Å². The maximum atomic E-state index is 12.4. The Labute approximate surface area is 128 Å². The first-order chi connectivity index (χ1) is 10.1. The van der Waals surface area contributed by atoms with Crippen LogP contribution in [0.25, 0.3) is 6.08 Å². The summed E-state index contributed by atoms with van der Waals surface area (Å²) >= 11 is 1.61. The van der Waals surface area contributed by atoms with Gasteiger partial charge in [0.25, 0.3) is 0 Å². The molecule has 0 aliphatic carbocycles. The smallest absolute Gasteiger partial charge is 0.409 e. The van der Waals surface area contributed by atoms with Crippen LogP contribution in [0.5, 0.6) is 0 Å². The largest absolute Gasteiger partial charge is 0.450 e. The fourth-order valence-corrected chi connectivity index (χ4v) is 2.92. The summed E-state index contributed by atoms with van der Waals surface area (Å²) in [5.74, 6) is 0.0342. The number of piperazine rings is 1. The second-order valence-electron chi connectivity index (χ2n) is 4.82. The first-order valence-corrected chi connectivity index (χ1v) is 7.92. The van der Waals surface area contributed by atoms with E-state index in [4.69, 9.17) is 4.74 Å². The molecule has 2 amide bonds. The number of hydrogen-bond donors (Lipinski definition) is 0. The van der Waals surface area contributed by atoms with Gasteiger partial charge in [-0.1, -0.05) is 6.07 Å². The van der Waals surface area contributed by atoms with E-state index in [0.29, 0.717) is 32.8 Å². The molecule has 6 heteroatoms. The predicted octanol–water partition coefficient (Wildman–Crippen LogP) is 2.45. The lowest BCUT2D eigenvalue weighted by Gasteiger charge is -2.34. The molecule has 0 atom stereocenters. The van der Waals surface area contributed by atoms with Gasteiger partial charge in [-0.2, -0.15) is 0 Å². The highest BCUT2D eigenvalue weighted by Crippen LogP contribution is 2.15. The summed E-state index contributed by atoms with van der Waals surface area (Å²) in [6.07, 6.45) is 1.61. The highest BCUT2D eigenvalue weighted by atomic mass is 32.1. The van der Waals surface area contributed by atoms with Gasteiger partial charge in [0.2, 0.25) is 5.91 Å². The maximum absolute atomic E-state index is 12.4. The molecule has 0 aromatic carbocycles. The monoisotopic (exact) mass is 308 g/mol. The van der Waals surface area contributed by atoms with Gasteiger partial charge in [-0.3, -0.25) is 4.79 Å². The molecule has 1 aliphatic heterocycles. The molecule has 1 aliphatic rings. The molecule has 0 bridgehead atoms. The summed E-state index contributed by atoms with van der Waals surface area (Å²) in [4.78, 5) is 28.5. The first kappa shape index (κ1) is 15.6. The second kappa shape index (κ2) is 7.26. The Morgan fingerprint density at radius 1 is 1.29 bits per heavy atom. The van der Waals surface area contributed by atoms with Gasteiger partial charge in [0.1, 0.15) is 0 Å². The van der Waals surface area contributed by atoms with Crippen LogP contribution >= 0.6 is 11.3 Å². The normalized spacial score (nSPS) is 16.0. The Morgan fingerprint density at radius 2 is 1.95 bits per heavy atom. The van der Waals surface area contributed by atoms with Crippen LogP contribution in [0.2, 0.25) is 0 Å². The number of rotatable bonds is 3. The van der Waals surface area contributed by atoms with Crippen LogP contribution in [0.4, 0.5) is 4.79 Å². The minimum atomic E-state index is -0.296. The summed E-state index contributed by atoms with van der Waals surface area (Å²) in [5.41, 5.74) is 0.724. The van der Waals surface area contributed by atoms with E-state index in [9.17, 15) is 9.59 Å². The molecule has 0 radical (unpaired) electrons. The average Bonchev–Trinajstić information content (AvgIpc) is 3.00. The third kappa shape index (κ3) is 4.07. The lowest BCUT2D eigenvalue weighted by Crippen LogP contribution is -2.50. The van der Waals surface area contributed by atoms with Gasteiger partial charge in [0, 0.05) is 36.6 Å². The molecular formula is C15H20N2O3S. The van der Waals surface area contributed by atoms with Crippen LogP contribution < -0.4 is 0 Å². The van der Waals surface area contributed by atoms with Crippen molar-refractivity contribution in [2.75, 3.05) is 32.8 Å². The van der Waals surface area contributed by atoms with Crippen molar-refractivity contribution in [3.05, 3.63) is 28.0 Å². The molecule has 21 heavy (non-hydrogen) atoms. The van der Waals surface area contributed by atoms with Crippen LogP contribution in [-0.2, 0) is 9.53 Å². The highest BCUT2D eigenvalue weighted by molar-refractivity contribution is 7.10. The molecule has 114 valence electrons. The van der Waals surface area contributed by atoms with Crippen molar-refractivity contribution in [1.82, 2.24) is 9.80 Å². The maximum Gasteiger partial charge on any atom is 0.409 e. The van der Waals surface area contributed by atoms with E-state index in [2.05, 4.69) is 0 Å². The van der Waals surface area contributed by atoms with Gasteiger partial charge in [-0.15, -0.1) is 11.3 Å². The van der Waals surface area contributed by atoms with E-state index in [1.165, 1.54) is 0 Å². The van der Waals surface area contributed by atoms with E-state index in [0.717, 1.165) is 10.5 Å². The van der Waals surface area contributed by atoms with Crippen molar-refractivity contribution in [2.45, 2.75) is 13.8 Å². The number of carbonyl (C=O) groups excluding carboxylic acids is 2. The fourth-order valence-electron chi connectivity index (χ4n) is 2.20. The number of nitrogens with zero attached hydrogens (tertiary/aromatic N) is 2. The van der Waals surface area contributed by atoms with Gasteiger partial charge in [0.05, 0.1) is 6.61 Å². The molecule has 0 N–H and O–H groups in total. The Morgan fingerprint density at radius 3 is 2.52 bits per heavy atom. The number of hydrogen-bond acceptors (Lipinski definition) is 4. The molecule has 1 aromatic rings. The first-order valence-electron chi connectivity index (χ1n) is 7.04. The highest BCUT2D eigenvalue weighted by Gasteiger charge is 2.25. The zero-order chi connectivity index (χ0) is 15.2. The summed E-state index contributed by atoms with van der Waals surface area (Å²) in [7, 11) is 0. The van der Waals surface area contributed by atoms with Gasteiger partial charge in [0.15, 0.2) is 0 Å². The molecule has 1 aromatic heterocycles. The van der Waals surface area contributed by atoms with Gasteiger partial charge in [-0.05, 0) is 31.4 Å². The summed E-state index contributed by atoms with van der Waals surface area (Å²) in [6, 6.07) is 3.95. The van der Waals surface area contributed by atoms with E-state index in [1.54, 1.807) is 28.1 Å². The number of thiophene rings is 1. The standard InChI is InChI=1S/C15H20N2O3S/c1-3-20-15(19)17-8-6-16(7-9-17)14(18)12(2)11-13-5-4-10-21-13/h4-5,10-11H,3,6-9H2,1-2H3/b12-11+. The molecule has 1 saturated heterocycles. The Bertz CT molecular complexity index is 517. The molecule has 0 unspecified atom stereocenters. The number of ether oxygens (including phenoxy) is 1. The lowest BCUT2D eigenvalue weighted by atomic mass is 10.2. The predicted molar refractivity (Wildman–Crippen MR) is 83.1 cm³/mol. The Kier molecular flexibility index (Phi) is 5.38. The zero-order valence-electron chi connectivity index (χ0n) is 12.4.